The van der Waals surface area contributed by atoms with Crippen LogP contribution in [0.4, 0.5) is 17.1 Å². The maximum atomic E-state index is 5.97. The fourth-order valence-corrected chi connectivity index (χ4v) is 2.89. The molecule has 0 radical (unpaired) electrons. The summed E-state index contributed by atoms with van der Waals surface area (Å²) in [6.07, 6.45) is 1.10. The zero-order valence-corrected chi connectivity index (χ0v) is 10.9. The Hall–Kier alpha value is -1.96. The molecule has 0 aliphatic carbocycles. The van der Waals surface area contributed by atoms with Crippen LogP contribution in [0.3, 0.4) is 0 Å². The number of benzene rings is 2. The van der Waals surface area contributed by atoms with E-state index in [0.717, 1.165) is 12.1 Å². The molecule has 3 rings (SSSR count). The van der Waals surface area contributed by atoms with Crippen molar-refractivity contribution in [2.45, 2.75) is 26.3 Å². The van der Waals surface area contributed by atoms with Crippen LogP contribution in [-0.4, -0.2) is 6.04 Å². The molecule has 0 aromatic heterocycles. The minimum atomic E-state index is 0.489. The number of aryl methyl sites for hydroxylation is 1. The molecule has 0 amide bonds. The first-order valence-electron chi connectivity index (χ1n) is 6.39. The molecule has 0 bridgehead atoms. The lowest BCUT2D eigenvalue weighted by atomic mass is 10.1. The van der Waals surface area contributed by atoms with E-state index < -0.39 is 0 Å². The van der Waals surface area contributed by atoms with Crippen molar-refractivity contribution < 1.29 is 0 Å². The van der Waals surface area contributed by atoms with E-state index in [1.54, 1.807) is 0 Å². The number of fused-ring (bicyclic) bond motifs is 1. The molecule has 2 heteroatoms. The maximum Gasteiger partial charge on any atom is 0.0446 e. The average molecular weight is 238 g/mol. The lowest BCUT2D eigenvalue weighted by Gasteiger charge is -2.25. The summed E-state index contributed by atoms with van der Waals surface area (Å²) in [4.78, 5) is 2.39. The first-order chi connectivity index (χ1) is 8.65. The van der Waals surface area contributed by atoms with E-state index in [4.69, 9.17) is 5.73 Å². The monoisotopic (exact) mass is 238 g/mol. The molecule has 1 aliphatic heterocycles. The Balaban J connectivity index is 2.11. The molecule has 1 unspecified atom stereocenters. The van der Waals surface area contributed by atoms with Gasteiger partial charge in [0.25, 0.3) is 0 Å². The molecule has 2 aromatic rings. The minimum absolute atomic E-state index is 0.489. The molecule has 1 heterocycles. The predicted molar refractivity (Wildman–Crippen MR) is 77.3 cm³/mol. The number of nitrogens with two attached hydrogens (primary N) is 1. The van der Waals surface area contributed by atoms with Crippen LogP contribution in [0.5, 0.6) is 0 Å². The molecule has 1 atom stereocenters. The largest absolute Gasteiger partial charge is 0.399 e. The molecular formula is C16H18N2. The standard InChI is InChI=1S/C16H18N2/c1-11-7-14(17)10-15(8-11)18-12(2)9-13-5-3-4-6-16(13)18/h3-8,10,12H,9,17H2,1-2H3. The number of anilines is 3. The highest BCUT2D eigenvalue weighted by Crippen LogP contribution is 2.38. The number of nitrogens with zero attached hydrogens (tertiary/aromatic N) is 1. The van der Waals surface area contributed by atoms with Gasteiger partial charge in [-0.1, -0.05) is 18.2 Å². The Morgan fingerprint density at radius 1 is 1.17 bits per heavy atom. The summed E-state index contributed by atoms with van der Waals surface area (Å²) in [5.74, 6) is 0. The molecular weight excluding hydrogens is 220 g/mol. The lowest BCUT2D eigenvalue weighted by Crippen LogP contribution is -2.24. The summed E-state index contributed by atoms with van der Waals surface area (Å²) in [6.45, 7) is 4.35. The third-order valence-electron chi connectivity index (χ3n) is 3.57. The van der Waals surface area contributed by atoms with Crippen molar-refractivity contribution in [2.24, 2.45) is 0 Å². The SMILES string of the molecule is Cc1cc(N)cc(N2c3ccccc3CC2C)c1. The molecule has 0 saturated carbocycles. The van der Waals surface area contributed by atoms with Crippen molar-refractivity contribution >= 4 is 17.1 Å². The van der Waals surface area contributed by atoms with Crippen molar-refractivity contribution in [3.8, 4) is 0 Å². The number of para-hydroxylation sites is 1. The van der Waals surface area contributed by atoms with Crippen LogP contribution in [0.2, 0.25) is 0 Å². The molecule has 92 valence electrons. The summed E-state index contributed by atoms with van der Waals surface area (Å²) >= 11 is 0. The van der Waals surface area contributed by atoms with Gasteiger partial charge in [-0.15, -0.1) is 0 Å². The van der Waals surface area contributed by atoms with Crippen LogP contribution in [0.25, 0.3) is 0 Å². The van der Waals surface area contributed by atoms with Gasteiger partial charge in [0.05, 0.1) is 0 Å². The number of rotatable bonds is 1. The molecule has 2 N–H and O–H groups in total. The fourth-order valence-electron chi connectivity index (χ4n) is 2.89. The minimum Gasteiger partial charge on any atom is -0.399 e. The number of hydrogen-bond acceptors (Lipinski definition) is 2. The van der Waals surface area contributed by atoms with Gasteiger partial charge in [0.15, 0.2) is 0 Å². The Labute approximate surface area is 108 Å². The van der Waals surface area contributed by atoms with Crippen LogP contribution in [-0.2, 0) is 6.42 Å². The fraction of sp³-hybridized carbons (Fsp3) is 0.250. The number of hydrogen-bond donors (Lipinski definition) is 1. The molecule has 0 spiro atoms. The summed E-state index contributed by atoms with van der Waals surface area (Å²) in [7, 11) is 0. The van der Waals surface area contributed by atoms with E-state index in [1.807, 2.05) is 6.07 Å². The van der Waals surface area contributed by atoms with Crippen molar-refractivity contribution in [1.82, 2.24) is 0 Å². The zero-order chi connectivity index (χ0) is 12.7. The highest BCUT2D eigenvalue weighted by Gasteiger charge is 2.26. The first-order valence-corrected chi connectivity index (χ1v) is 6.39. The molecule has 2 nitrogen and oxygen atoms in total. The summed E-state index contributed by atoms with van der Waals surface area (Å²) in [6, 6.07) is 15.4. The molecule has 1 aliphatic rings. The molecule has 0 saturated heterocycles. The molecule has 0 fully saturated rings. The van der Waals surface area contributed by atoms with Crippen LogP contribution >= 0.6 is 0 Å². The summed E-state index contributed by atoms with van der Waals surface area (Å²) < 4.78 is 0. The van der Waals surface area contributed by atoms with E-state index in [-0.39, 0.29) is 0 Å². The second-order valence-electron chi connectivity index (χ2n) is 5.15. The van der Waals surface area contributed by atoms with Gasteiger partial charge in [-0.3, -0.25) is 0 Å². The maximum absolute atomic E-state index is 5.97. The third-order valence-corrected chi connectivity index (χ3v) is 3.57. The van der Waals surface area contributed by atoms with Gasteiger partial charge in [0, 0.05) is 23.1 Å². The Kier molecular flexibility index (Phi) is 2.51. The van der Waals surface area contributed by atoms with Crippen molar-refractivity contribution in [3.05, 3.63) is 53.6 Å². The van der Waals surface area contributed by atoms with Gasteiger partial charge in [0.1, 0.15) is 0 Å². The average Bonchev–Trinajstić information content (AvgIpc) is 2.63. The van der Waals surface area contributed by atoms with Crippen LogP contribution in [0.1, 0.15) is 18.1 Å². The van der Waals surface area contributed by atoms with Crippen molar-refractivity contribution in [1.29, 1.82) is 0 Å². The van der Waals surface area contributed by atoms with E-state index in [1.165, 1.54) is 22.5 Å². The van der Waals surface area contributed by atoms with Crippen LogP contribution in [0.15, 0.2) is 42.5 Å². The van der Waals surface area contributed by atoms with Crippen molar-refractivity contribution in [3.63, 3.8) is 0 Å². The smallest absolute Gasteiger partial charge is 0.0446 e. The lowest BCUT2D eigenvalue weighted by molar-refractivity contribution is 0.759. The molecule has 18 heavy (non-hydrogen) atoms. The van der Waals surface area contributed by atoms with Crippen LogP contribution in [0, 0.1) is 6.92 Å². The Morgan fingerprint density at radius 3 is 2.72 bits per heavy atom. The van der Waals surface area contributed by atoms with Crippen molar-refractivity contribution in [2.75, 3.05) is 10.6 Å². The van der Waals surface area contributed by atoms with Gasteiger partial charge in [-0.2, -0.15) is 0 Å². The first kappa shape index (κ1) is 11.1. The Bertz CT molecular complexity index is 569. The van der Waals surface area contributed by atoms with E-state index in [2.05, 4.69) is 55.1 Å². The van der Waals surface area contributed by atoms with Crippen LogP contribution < -0.4 is 10.6 Å². The second-order valence-corrected chi connectivity index (χ2v) is 5.15. The summed E-state index contributed by atoms with van der Waals surface area (Å²) in [5.41, 5.74) is 11.9. The third kappa shape index (κ3) is 1.74. The highest BCUT2D eigenvalue weighted by atomic mass is 15.2. The van der Waals surface area contributed by atoms with E-state index >= 15 is 0 Å². The molecule has 2 aromatic carbocycles. The van der Waals surface area contributed by atoms with Gasteiger partial charge in [0.2, 0.25) is 0 Å². The zero-order valence-electron chi connectivity index (χ0n) is 10.9. The topological polar surface area (TPSA) is 29.3 Å². The van der Waals surface area contributed by atoms with Gasteiger partial charge in [-0.05, 0) is 55.7 Å². The number of nitrogen functional groups attached to an aromatic ring is 1. The summed E-state index contributed by atoms with van der Waals surface area (Å²) in [5, 5.41) is 0. The van der Waals surface area contributed by atoms with Gasteiger partial charge in [-0.25, -0.2) is 0 Å². The normalized spacial score (nSPS) is 17.9. The second kappa shape index (κ2) is 4.05. The predicted octanol–water partition coefficient (Wildman–Crippen LogP) is 3.66. The van der Waals surface area contributed by atoms with E-state index in [9.17, 15) is 0 Å². The van der Waals surface area contributed by atoms with E-state index in [0.29, 0.717) is 6.04 Å². The Morgan fingerprint density at radius 2 is 1.94 bits per heavy atom. The highest BCUT2D eigenvalue weighted by molar-refractivity contribution is 5.73. The van der Waals surface area contributed by atoms with Gasteiger partial charge >= 0.3 is 0 Å². The van der Waals surface area contributed by atoms with Gasteiger partial charge < -0.3 is 10.6 Å². The quantitative estimate of drug-likeness (QED) is 0.768.